The summed E-state index contributed by atoms with van der Waals surface area (Å²) in [4.78, 5) is 11.5. The lowest BCUT2D eigenvalue weighted by molar-refractivity contribution is 0.0955. The summed E-state index contributed by atoms with van der Waals surface area (Å²) in [6.45, 7) is 2.22. The van der Waals surface area contributed by atoms with Crippen LogP contribution in [0.1, 0.15) is 17.3 Å². The fourth-order valence-corrected chi connectivity index (χ4v) is 1.79. The highest BCUT2D eigenvalue weighted by atomic mass is 32.2. The van der Waals surface area contributed by atoms with Gasteiger partial charge in [0.2, 0.25) is 0 Å². The summed E-state index contributed by atoms with van der Waals surface area (Å²) in [5, 5.41) is 11.8. The lowest BCUT2D eigenvalue weighted by Gasteiger charge is -2.04. The molecular weight excluding hydrogens is 226 g/mol. The SMILES string of the molecule is CCS(=O)CCNC(=O)c1cccc(O)c1. The van der Waals surface area contributed by atoms with Crippen molar-refractivity contribution in [3.05, 3.63) is 29.8 Å². The number of phenolic OH excluding ortho intramolecular Hbond substituents is 1. The number of rotatable bonds is 5. The van der Waals surface area contributed by atoms with Crippen molar-refractivity contribution in [2.24, 2.45) is 0 Å². The molecule has 5 heteroatoms. The number of phenols is 1. The van der Waals surface area contributed by atoms with Crippen molar-refractivity contribution in [1.29, 1.82) is 0 Å². The Bertz CT molecular complexity index is 393. The first-order chi connectivity index (χ1) is 7.63. The summed E-state index contributed by atoms with van der Waals surface area (Å²) in [5.74, 6) is 0.858. The Kier molecular flexibility index (Phi) is 4.98. The zero-order valence-electron chi connectivity index (χ0n) is 9.10. The minimum absolute atomic E-state index is 0.0600. The number of amides is 1. The maximum atomic E-state index is 11.5. The molecule has 1 rings (SSSR count). The van der Waals surface area contributed by atoms with Gasteiger partial charge in [0.05, 0.1) is 0 Å². The molecule has 4 nitrogen and oxygen atoms in total. The van der Waals surface area contributed by atoms with Crippen molar-refractivity contribution in [2.75, 3.05) is 18.1 Å². The van der Waals surface area contributed by atoms with Crippen molar-refractivity contribution in [2.45, 2.75) is 6.92 Å². The molecule has 16 heavy (non-hydrogen) atoms. The minimum Gasteiger partial charge on any atom is -0.508 e. The second-order valence-electron chi connectivity index (χ2n) is 3.24. The lowest BCUT2D eigenvalue weighted by Crippen LogP contribution is -2.27. The van der Waals surface area contributed by atoms with Crippen LogP contribution >= 0.6 is 0 Å². The summed E-state index contributed by atoms with van der Waals surface area (Å²) in [6.07, 6.45) is 0. The van der Waals surface area contributed by atoms with Gasteiger partial charge in [0.25, 0.3) is 5.91 Å². The van der Waals surface area contributed by atoms with Crippen LogP contribution in [0, 0.1) is 0 Å². The van der Waals surface area contributed by atoms with Crippen LogP contribution < -0.4 is 5.32 Å². The van der Waals surface area contributed by atoms with Crippen molar-refractivity contribution in [3.63, 3.8) is 0 Å². The molecule has 0 bridgehead atoms. The van der Waals surface area contributed by atoms with Crippen LogP contribution in [0.2, 0.25) is 0 Å². The Morgan fingerprint density at radius 3 is 2.88 bits per heavy atom. The second-order valence-corrected chi connectivity index (χ2v) is 5.10. The summed E-state index contributed by atoms with van der Waals surface area (Å²) in [6, 6.07) is 6.12. The molecule has 88 valence electrons. The van der Waals surface area contributed by atoms with Gasteiger partial charge in [-0.2, -0.15) is 0 Å². The smallest absolute Gasteiger partial charge is 0.251 e. The van der Waals surface area contributed by atoms with E-state index < -0.39 is 10.8 Å². The van der Waals surface area contributed by atoms with Crippen molar-refractivity contribution >= 4 is 16.7 Å². The topological polar surface area (TPSA) is 66.4 Å². The third-order valence-electron chi connectivity index (χ3n) is 2.05. The monoisotopic (exact) mass is 241 g/mol. The number of carbonyl (C=O) groups is 1. The highest BCUT2D eigenvalue weighted by molar-refractivity contribution is 7.84. The highest BCUT2D eigenvalue weighted by Crippen LogP contribution is 2.10. The molecule has 2 N–H and O–H groups in total. The van der Waals surface area contributed by atoms with Crippen LogP contribution in [-0.4, -0.2) is 33.3 Å². The summed E-state index contributed by atoms with van der Waals surface area (Å²) >= 11 is 0. The van der Waals surface area contributed by atoms with Gasteiger partial charge in [-0.3, -0.25) is 9.00 Å². The number of carbonyl (C=O) groups excluding carboxylic acids is 1. The van der Waals surface area contributed by atoms with Crippen LogP contribution in [0.15, 0.2) is 24.3 Å². The molecule has 0 saturated carbocycles. The average Bonchev–Trinajstić information content (AvgIpc) is 2.28. The van der Waals surface area contributed by atoms with Crippen LogP contribution in [0.25, 0.3) is 0 Å². The zero-order chi connectivity index (χ0) is 12.0. The van der Waals surface area contributed by atoms with E-state index >= 15 is 0 Å². The number of nitrogens with one attached hydrogen (secondary N) is 1. The van der Waals surface area contributed by atoms with Gasteiger partial charge in [-0.1, -0.05) is 13.0 Å². The van der Waals surface area contributed by atoms with Crippen molar-refractivity contribution in [1.82, 2.24) is 5.32 Å². The number of hydrogen-bond acceptors (Lipinski definition) is 3. The molecule has 0 heterocycles. The van der Waals surface area contributed by atoms with E-state index in [4.69, 9.17) is 0 Å². The third kappa shape index (κ3) is 4.02. The quantitative estimate of drug-likeness (QED) is 0.804. The maximum Gasteiger partial charge on any atom is 0.251 e. The molecule has 0 aromatic heterocycles. The molecule has 1 atom stereocenters. The Morgan fingerprint density at radius 2 is 2.25 bits per heavy atom. The Morgan fingerprint density at radius 1 is 1.50 bits per heavy atom. The predicted molar refractivity (Wildman–Crippen MR) is 64.0 cm³/mol. The van der Waals surface area contributed by atoms with Crippen molar-refractivity contribution < 1.29 is 14.1 Å². The molecule has 0 aliphatic rings. The zero-order valence-corrected chi connectivity index (χ0v) is 9.92. The van der Waals surface area contributed by atoms with Gasteiger partial charge in [0, 0.05) is 34.4 Å². The molecular formula is C11H15NO3S. The van der Waals surface area contributed by atoms with Gasteiger partial charge < -0.3 is 10.4 Å². The van der Waals surface area contributed by atoms with Crippen LogP contribution in [0.3, 0.4) is 0 Å². The number of hydrogen-bond donors (Lipinski definition) is 2. The normalized spacial score (nSPS) is 12.1. The molecule has 0 fully saturated rings. The first-order valence-electron chi connectivity index (χ1n) is 5.05. The molecule has 1 unspecified atom stereocenters. The highest BCUT2D eigenvalue weighted by Gasteiger charge is 2.05. The summed E-state index contributed by atoms with van der Waals surface area (Å²) < 4.78 is 11.1. The average molecular weight is 241 g/mol. The predicted octanol–water partition coefficient (Wildman–Crippen LogP) is 0.891. The standard InChI is InChI=1S/C11H15NO3S/c1-2-16(15)7-6-12-11(14)9-4-3-5-10(13)8-9/h3-5,8,13H,2,6-7H2,1H3,(H,12,14). The number of benzene rings is 1. The van der Waals surface area contributed by atoms with Gasteiger partial charge in [0.1, 0.15) is 5.75 Å². The molecule has 0 aliphatic heterocycles. The molecule has 0 aliphatic carbocycles. The van der Waals surface area contributed by atoms with Gasteiger partial charge in [-0.05, 0) is 18.2 Å². The lowest BCUT2D eigenvalue weighted by atomic mass is 10.2. The number of aromatic hydroxyl groups is 1. The summed E-state index contributed by atoms with van der Waals surface area (Å²) in [7, 11) is -0.868. The first kappa shape index (κ1) is 12.7. The van der Waals surface area contributed by atoms with Gasteiger partial charge in [-0.15, -0.1) is 0 Å². The minimum atomic E-state index is -0.868. The maximum absolute atomic E-state index is 11.5. The first-order valence-corrected chi connectivity index (χ1v) is 6.54. The Balaban J connectivity index is 2.44. The van der Waals surface area contributed by atoms with E-state index in [9.17, 15) is 14.1 Å². The third-order valence-corrected chi connectivity index (χ3v) is 3.35. The fourth-order valence-electron chi connectivity index (χ4n) is 1.17. The Labute approximate surface area is 97.1 Å². The van der Waals surface area contributed by atoms with E-state index in [1.807, 2.05) is 6.92 Å². The van der Waals surface area contributed by atoms with Gasteiger partial charge in [-0.25, -0.2) is 0 Å². The van der Waals surface area contributed by atoms with E-state index in [-0.39, 0.29) is 11.7 Å². The van der Waals surface area contributed by atoms with E-state index in [2.05, 4.69) is 5.32 Å². The molecule has 0 radical (unpaired) electrons. The van der Waals surface area contributed by atoms with E-state index in [0.29, 0.717) is 23.6 Å². The largest absolute Gasteiger partial charge is 0.508 e. The fraction of sp³-hybridized carbons (Fsp3) is 0.364. The second kappa shape index (κ2) is 6.27. The van der Waals surface area contributed by atoms with Crippen LogP contribution in [0.4, 0.5) is 0 Å². The molecule has 0 spiro atoms. The molecule has 1 aromatic rings. The molecule has 0 saturated heterocycles. The van der Waals surface area contributed by atoms with E-state index in [1.165, 1.54) is 12.1 Å². The molecule has 1 amide bonds. The van der Waals surface area contributed by atoms with Crippen LogP contribution in [0.5, 0.6) is 5.75 Å². The van der Waals surface area contributed by atoms with E-state index in [1.54, 1.807) is 12.1 Å². The van der Waals surface area contributed by atoms with Crippen LogP contribution in [-0.2, 0) is 10.8 Å². The molecule has 1 aromatic carbocycles. The van der Waals surface area contributed by atoms with Crippen molar-refractivity contribution in [3.8, 4) is 5.75 Å². The van der Waals surface area contributed by atoms with E-state index in [0.717, 1.165) is 0 Å². The van der Waals surface area contributed by atoms with Gasteiger partial charge in [0.15, 0.2) is 0 Å². The van der Waals surface area contributed by atoms with Gasteiger partial charge >= 0.3 is 0 Å². The Hall–Kier alpha value is -1.36. The summed E-state index contributed by atoms with van der Waals surface area (Å²) in [5.41, 5.74) is 0.405.